The van der Waals surface area contributed by atoms with Gasteiger partial charge in [0.1, 0.15) is 5.75 Å². The molecule has 0 bridgehead atoms. The molecule has 0 aliphatic carbocycles. The lowest BCUT2D eigenvalue weighted by molar-refractivity contribution is -0.0160. The van der Waals surface area contributed by atoms with E-state index >= 15 is 0 Å². The third-order valence-electron chi connectivity index (χ3n) is 5.83. The van der Waals surface area contributed by atoms with Gasteiger partial charge in [-0.3, -0.25) is 0 Å². The number of unbranched alkanes of at least 4 members (excludes halogenated alkanes) is 2. The third kappa shape index (κ3) is 4.73. The van der Waals surface area contributed by atoms with Gasteiger partial charge in [-0.2, -0.15) is 5.26 Å². The number of benzene rings is 2. The summed E-state index contributed by atoms with van der Waals surface area (Å²) in [6, 6.07) is 21.4. The zero-order valence-corrected chi connectivity index (χ0v) is 16.9. The topological polar surface area (TPSA) is 48.3 Å². The van der Waals surface area contributed by atoms with Crippen molar-refractivity contribution in [3.8, 4) is 11.8 Å². The second-order valence-corrected chi connectivity index (χ2v) is 7.52. The van der Waals surface area contributed by atoms with E-state index in [1.165, 1.54) is 24.0 Å². The molecule has 0 spiro atoms. The number of ether oxygens (including phenoxy) is 1. The summed E-state index contributed by atoms with van der Waals surface area (Å²) in [5.74, 6) is 0.923. The van der Waals surface area contributed by atoms with Gasteiger partial charge in [0.2, 0.25) is 0 Å². The Balaban J connectivity index is 1.82. The number of hydrogen-bond acceptors (Lipinski definition) is 4. The van der Waals surface area contributed by atoms with E-state index in [2.05, 4.69) is 59.0 Å². The third-order valence-corrected chi connectivity index (χ3v) is 5.83. The fourth-order valence-electron chi connectivity index (χ4n) is 4.37. The number of rotatable bonds is 9. The molecule has 148 valence electrons. The van der Waals surface area contributed by atoms with Gasteiger partial charge in [-0.15, -0.1) is 0 Å². The van der Waals surface area contributed by atoms with Crippen molar-refractivity contribution in [2.24, 2.45) is 0 Å². The first-order chi connectivity index (χ1) is 13.8. The second-order valence-electron chi connectivity index (χ2n) is 7.52. The van der Waals surface area contributed by atoms with Crippen LogP contribution in [-0.4, -0.2) is 18.7 Å². The van der Waals surface area contributed by atoms with E-state index in [4.69, 9.17) is 10.00 Å². The number of para-hydroxylation sites is 1. The largest absolute Gasteiger partial charge is 0.496 e. The monoisotopic (exact) mass is 377 g/mol. The molecule has 1 heterocycles. The van der Waals surface area contributed by atoms with Gasteiger partial charge < -0.3 is 4.74 Å². The Morgan fingerprint density at radius 3 is 2.64 bits per heavy atom. The predicted molar refractivity (Wildman–Crippen MR) is 113 cm³/mol. The normalized spacial score (nSPS) is 19.9. The summed E-state index contributed by atoms with van der Waals surface area (Å²) >= 11 is 0. The van der Waals surface area contributed by atoms with Gasteiger partial charge in [0.15, 0.2) is 0 Å². The summed E-state index contributed by atoms with van der Waals surface area (Å²) in [6.07, 6.45) is 7.31. The van der Waals surface area contributed by atoms with Crippen molar-refractivity contribution in [3.05, 3.63) is 65.7 Å². The van der Waals surface area contributed by atoms with Gasteiger partial charge in [0.05, 0.1) is 18.7 Å². The maximum absolute atomic E-state index is 8.91. The number of nitrogens with one attached hydrogen (secondary N) is 1. The molecule has 1 aliphatic rings. The molecular formula is C24H31N3O. The Morgan fingerprint density at radius 1 is 1.07 bits per heavy atom. The Bertz CT molecular complexity index is 771. The Kier molecular flexibility index (Phi) is 7.47. The van der Waals surface area contributed by atoms with E-state index in [-0.39, 0.29) is 5.54 Å². The summed E-state index contributed by atoms with van der Waals surface area (Å²) in [6.45, 7) is 1.78. The SMILES string of the molecule is COc1ccccc1CNN1CCCCC1(CCCCC#N)c1ccccc1. The highest BCUT2D eigenvalue weighted by atomic mass is 16.5. The first-order valence-electron chi connectivity index (χ1n) is 10.4. The molecule has 3 rings (SSSR count). The molecule has 28 heavy (non-hydrogen) atoms. The predicted octanol–water partition coefficient (Wildman–Crippen LogP) is 5.17. The molecule has 1 aliphatic heterocycles. The first kappa shape index (κ1) is 20.4. The van der Waals surface area contributed by atoms with Crippen LogP contribution in [0, 0.1) is 11.3 Å². The summed E-state index contributed by atoms with van der Waals surface area (Å²) in [4.78, 5) is 0. The molecule has 4 nitrogen and oxygen atoms in total. The summed E-state index contributed by atoms with van der Waals surface area (Å²) in [5.41, 5.74) is 6.26. The minimum atomic E-state index is -0.0169. The van der Waals surface area contributed by atoms with E-state index in [0.29, 0.717) is 6.42 Å². The Morgan fingerprint density at radius 2 is 1.86 bits per heavy atom. The Hall–Kier alpha value is -2.35. The van der Waals surface area contributed by atoms with Gasteiger partial charge in [-0.25, -0.2) is 10.4 Å². The lowest BCUT2D eigenvalue weighted by Crippen LogP contribution is -2.55. The summed E-state index contributed by atoms with van der Waals surface area (Å²) in [5, 5.41) is 11.4. The number of nitriles is 1. The fourth-order valence-corrected chi connectivity index (χ4v) is 4.37. The molecule has 4 heteroatoms. The van der Waals surface area contributed by atoms with Crippen LogP contribution in [0.2, 0.25) is 0 Å². The smallest absolute Gasteiger partial charge is 0.123 e. The minimum Gasteiger partial charge on any atom is -0.496 e. The first-order valence-corrected chi connectivity index (χ1v) is 10.4. The van der Waals surface area contributed by atoms with Gasteiger partial charge in [-0.05, 0) is 43.7 Å². The number of methoxy groups -OCH3 is 1. The molecule has 1 N–H and O–H groups in total. The molecule has 2 aromatic carbocycles. The highest BCUT2D eigenvalue weighted by molar-refractivity contribution is 5.33. The van der Waals surface area contributed by atoms with Crippen molar-refractivity contribution in [1.29, 1.82) is 5.26 Å². The Labute approximate surface area is 169 Å². The maximum Gasteiger partial charge on any atom is 0.123 e. The van der Waals surface area contributed by atoms with Crippen molar-refractivity contribution in [2.45, 2.75) is 57.0 Å². The van der Waals surface area contributed by atoms with Crippen molar-refractivity contribution < 1.29 is 4.74 Å². The van der Waals surface area contributed by atoms with E-state index in [0.717, 1.165) is 44.5 Å². The number of piperidine rings is 1. The van der Waals surface area contributed by atoms with E-state index in [1.807, 2.05) is 12.1 Å². The van der Waals surface area contributed by atoms with Gasteiger partial charge in [-0.1, -0.05) is 55.0 Å². The molecule has 0 saturated carbocycles. The zero-order valence-electron chi connectivity index (χ0n) is 16.9. The zero-order chi connectivity index (χ0) is 19.7. The lowest BCUT2D eigenvalue weighted by Gasteiger charge is -2.48. The van der Waals surface area contributed by atoms with Crippen LogP contribution in [0.5, 0.6) is 5.75 Å². The molecular weight excluding hydrogens is 346 g/mol. The molecule has 0 amide bonds. The standard InChI is InChI=1S/C24H31N3O/c1-28-23-15-7-6-12-21(23)20-26-27-19-11-9-17-24(27,16-8-3-10-18-25)22-13-4-2-5-14-22/h2,4-7,12-15,26H,3,8-11,16-17,19-20H2,1H3. The van der Waals surface area contributed by atoms with Crippen LogP contribution in [0.1, 0.15) is 56.1 Å². The molecule has 0 radical (unpaired) electrons. The van der Waals surface area contributed by atoms with Gasteiger partial charge in [0.25, 0.3) is 0 Å². The average Bonchev–Trinajstić information content (AvgIpc) is 2.76. The average molecular weight is 378 g/mol. The van der Waals surface area contributed by atoms with Crippen LogP contribution >= 0.6 is 0 Å². The molecule has 2 aromatic rings. The van der Waals surface area contributed by atoms with Crippen LogP contribution < -0.4 is 10.2 Å². The van der Waals surface area contributed by atoms with E-state index in [1.54, 1.807) is 7.11 Å². The summed E-state index contributed by atoms with van der Waals surface area (Å²) < 4.78 is 5.52. The summed E-state index contributed by atoms with van der Waals surface area (Å²) in [7, 11) is 1.73. The van der Waals surface area contributed by atoms with Crippen molar-refractivity contribution in [1.82, 2.24) is 10.4 Å². The van der Waals surface area contributed by atoms with Crippen LogP contribution in [0.25, 0.3) is 0 Å². The molecule has 1 saturated heterocycles. The number of hydrogen-bond donors (Lipinski definition) is 1. The number of hydrazine groups is 1. The van der Waals surface area contributed by atoms with Gasteiger partial charge in [0, 0.05) is 25.1 Å². The van der Waals surface area contributed by atoms with Crippen LogP contribution in [0.3, 0.4) is 0 Å². The highest BCUT2D eigenvalue weighted by Crippen LogP contribution is 2.41. The molecule has 1 fully saturated rings. The second kappa shape index (κ2) is 10.3. The number of nitrogens with zero attached hydrogens (tertiary/aromatic N) is 2. The van der Waals surface area contributed by atoms with E-state index < -0.39 is 0 Å². The molecule has 0 aromatic heterocycles. The van der Waals surface area contributed by atoms with Crippen molar-refractivity contribution in [2.75, 3.05) is 13.7 Å². The lowest BCUT2D eigenvalue weighted by atomic mass is 9.77. The van der Waals surface area contributed by atoms with Crippen LogP contribution in [0.15, 0.2) is 54.6 Å². The maximum atomic E-state index is 8.91. The van der Waals surface area contributed by atoms with Crippen LogP contribution in [-0.2, 0) is 12.1 Å². The molecule has 1 atom stereocenters. The fraction of sp³-hybridized carbons (Fsp3) is 0.458. The van der Waals surface area contributed by atoms with Gasteiger partial charge >= 0.3 is 0 Å². The van der Waals surface area contributed by atoms with Crippen LogP contribution in [0.4, 0.5) is 0 Å². The molecule has 1 unspecified atom stereocenters. The van der Waals surface area contributed by atoms with Crippen molar-refractivity contribution >= 4 is 0 Å². The van der Waals surface area contributed by atoms with E-state index in [9.17, 15) is 0 Å². The minimum absolute atomic E-state index is 0.0169. The van der Waals surface area contributed by atoms with Crippen molar-refractivity contribution in [3.63, 3.8) is 0 Å². The quantitative estimate of drug-likeness (QED) is 0.613. The highest BCUT2D eigenvalue weighted by Gasteiger charge is 2.39.